The van der Waals surface area contributed by atoms with Crippen LogP contribution >= 0.6 is 0 Å². The van der Waals surface area contributed by atoms with E-state index in [4.69, 9.17) is 0 Å². The number of halogens is 2. The average Bonchev–Trinajstić information content (AvgIpc) is 2.52. The summed E-state index contributed by atoms with van der Waals surface area (Å²) in [4.78, 5) is -0.603. The van der Waals surface area contributed by atoms with Crippen LogP contribution in [0.3, 0.4) is 0 Å². The number of hydrogen-bond acceptors (Lipinski definition) is 2. The molecule has 6 heteroatoms. The number of sulfonamides is 1. The topological polar surface area (TPSA) is 46.2 Å². The van der Waals surface area contributed by atoms with Crippen molar-refractivity contribution in [3.05, 3.63) is 29.8 Å². The van der Waals surface area contributed by atoms with Crippen molar-refractivity contribution < 1.29 is 17.2 Å². The highest BCUT2D eigenvalue weighted by molar-refractivity contribution is 7.89. The average molecular weight is 359 g/mol. The molecule has 0 unspecified atom stereocenters. The first-order valence-corrected chi connectivity index (χ1v) is 10.4. The van der Waals surface area contributed by atoms with Crippen molar-refractivity contribution in [2.24, 2.45) is 0 Å². The summed E-state index contributed by atoms with van der Waals surface area (Å²) in [5.74, 6) is -1.67. The van der Waals surface area contributed by atoms with Crippen molar-refractivity contribution in [2.75, 3.05) is 0 Å². The molecule has 0 atom stereocenters. The second-order valence-corrected chi connectivity index (χ2v) is 8.33. The lowest BCUT2D eigenvalue weighted by molar-refractivity contribution is 0.438. The fourth-order valence-electron chi connectivity index (χ4n) is 3.25. The molecule has 1 fully saturated rings. The third kappa shape index (κ3) is 6.13. The molecule has 3 nitrogen and oxygen atoms in total. The van der Waals surface area contributed by atoms with Crippen LogP contribution in [0.2, 0.25) is 0 Å². The molecule has 1 aromatic carbocycles. The maximum Gasteiger partial charge on any atom is 0.243 e. The van der Waals surface area contributed by atoms with Gasteiger partial charge in [-0.25, -0.2) is 21.9 Å². The maximum atomic E-state index is 13.8. The second-order valence-electron chi connectivity index (χ2n) is 6.65. The SMILES string of the molecule is O=S(=O)(NC1CCCCCCCCCCC1)c1cc(F)ccc1F. The molecule has 24 heavy (non-hydrogen) atoms. The lowest BCUT2D eigenvalue weighted by atomic mass is 9.98. The van der Waals surface area contributed by atoms with Gasteiger partial charge in [0, 0.05) is 6.04 Å². The minimum absolute atomic E-state index is 0.211. The summed E-state index contributed by atoms with van der Waals surface area (Å²) in [6.07, 6.45) is 11.7. The first-order chi connectivity index (χ1) is 11.5. The van der Waals surface area contributed by atoms with Crippen LogP contribution in [-0.2, 0) is 10.0 Å². The molecule has 2 rings (SSSR count). The molecule has 0 aromatic heterocycles. The molecule has 1 aliphatic rings. The smallest absolute Gasteiger partial charge is 0.208 e. The van der Waals surface area contributed by atoms with Gasteiger partial charge in [0.2, 0.25) is 10.0 Å². The van der Waals surface area contributed by atoms with Crippen LogP contribution in [0.1, 0.15) is 70.6 Å². The van der Waals surface area contributed by atoms with Gasteiger partial charge in [-0.2, -0.15) is 0 Å². The van der Waals surface area contributed by atoms with Gasteiger partial charge in [-0.05, 0) is 31.0 Å². The monoisotopic (exact) mass is 359 g/mol. The molecule has 1 saturated carbocycles. The summed E-state index contributed by atoms with van der Waals surface area (Å²) >= 11 is 0. The highest BCUT2D eigenvalue weighted by Crippen LogP contribution is 2.20. The van der Waals surface area contributed by atoms with E-state index in [1.54, 1.807) is 0 Å². The molecule has 0 amide bonds. The minimum atomic E-state index is -4.04. The normalized spacial score (nSPS) is 19.4. The van der Waals surface area contributed by atoms with Gasteiger partial charge in [0.05, 0.1) is 0 Å². The number of hydrogen-bond donors (Lipinski definition) is 1. The van der Waals surface area contributed by atoms with E-state index >= 15 is 0 Å². The first-order valence-electron chi connectivity index (χ1n) is 8.96. The van der Waals surface area contributed by atoms with E-state index in [0.717, 1.165) is 56.7 Å². The summed E-state index contributed by atoms with van der Waals surface area (Å²) in [6, 6.07) is 2.31. The Morgan fingerprint density at radius 2 is 1.33 bits per heavy atom. The molecule has 0 bridgehead atoms. The van der Waals surface area contributed by atoms with E-state index in [1.807, 2.05) is 0 Å². The van der Waals surface area contributed by atoms with Crippen molar-refractivity contribution in [3.8, 4) is 0 Å². The fraction of sp³-hybridized carbons (Fsp3) is 0.667. The summed E-state index contributed by atoms with van der Waals surface area (Å²) in [7, 11) is -4.04. The molecule has 136 valence electrons. The van der Waals surface area contributed by atoms with Crippen LogP contribution in [0.5, 0.6) is 0 Å². The second kappa shape index (κ2) is 9.47. The lowest BCUT2D eigenvalue weighted by Crippen LogP contribution is -2.35. The molecule has 0 aliphatic heterocycles. The summed E-state index contributed by atoms with van der Waals surface area (Å²) in [6.45, 7) is 0. The molecular formula is C18H27F2NO2S. The predicted octanol–water partition coefficient (Wildman–Crippen LogP) is 4.92. The Bertz CT molecular complexity index is 607. The van der Waals surface area contributed by atoms with E-state index in [9.17, 15) is 17.2 Å². The Morgan fingerprint density at radius 3 is 1.88 bits per heavy atom. The van der Waals surface area contributed by atoms with E-state index in [1.165, 1.54) is 32.1 Å². The molecule has 1 aliphatic carbocycles. The van der Waals surface area contributed by atoms with Gasteiger partial charge in [-0.15, -0.1) is 0 Å². The summed E-state index contributed by atoms with van der Waals surface area (Å²) in [5, 5.41) is 0. The van der Waals surface area contributed by atoms with E-state index in [2.05, 4.69) is 4.72 Å². The van der Waals surface area contributed by atoms with Gasteiger partial charge in [0.25, 0.3) is 0 Å². The fourth-order valence-corrected chi connectivity index (χ4v) is 4.64. The van der Waals surface area contributed by atoms with Crippen LogP contribution in [0.4, 0.5) is 8.78 Å². The zero-order valence-electron chi connectivity index (χ0n) is 14.1. The minimum Gasteiger partial charge on any atom is -0.208 e. The Hall–Kier alpha value is -1.01. The molecule has 0 spiro atoms. The highest BCUT2D eigenvalue weighted by atomic mass is 32.2. The van der Waals surface area contributed by atoms with Gasteiger partial charge in [0.1, 0.15) is 16.5 Å². The van der Waals surface area contributed by atoms with E-state index < -0.39 is 26.6 Å². The molecular weight excluding hydrogens is 332 g/mol. The van der Waals surface area contributed by atoms with Crippen molar-refractivity contribution in [3.63, 3.8) is 0 Å². The lowest BCUT2D eigenvalue weighted by Gasteiger charge is -2.20. The van der Waals surface area contributed by atoms with Crippen LogP contribution in [-0.4, -0.2) is 14.5 Å². The van der Waals surface area contributed by atoms with E-state index in [-0.39, 0.29) is 6.04 Å². The quantitative estimate of drug-likeness (QED) is 0.833. The summed E-state index contributed by atoms with van der Waals surface area (Å²) in [5.41, 5.74) is 0. The van der Waals surface area contributed by atoms with Gasteiger partial charge in [-0.1, -0.05) is 57.8 Å². The Balaban J connectivity index is 2.05. The van der Waals surface area contributed by atoms with Crippen molar-refractivity contribution in [2.45, 2.75) is 81.6 Å². The van der Waals surface area contributed by atoms with Crippen molar-refractivity contribution >= 4 is 10.0 Å². The Kier molecular flexibility index (Phi) is 7.62. The van der Waals surface area contributed by atoms with Gasteiger partial charge >= 0.3 is 0 Å². The largest absolute Gasteiger partial charge is 0.243 e. The standard InChI is InChI=1S/C18H27F2NO2S/c19-15-12-13-17(20)18(14-15)24(22,23)21-16-10-8-6-4-2-1-3-5-7-9-11-16/h12-14,16,21H,1-11H2. The number of benzene rings is 1. The highest BCUT2D eigenvalue weighted by Gasteiger charge is 2.23. The third-order valence-electron chi connectivity index (χ3n) is 4.61. The maximum absolute atomic E-state index is 13.8. The summed E-state index contributed by atoms with van der Waals surface area (Å²) < 4.78 is 54.6. The van der Waals surface area contributed by atoms with E-state index in [0.29, 0.717) is 0 Å². The molecule has 0 radical (unpaired) electrons. The van der Waals surface area contributed by atoms with Crippen LogP contribution in [0, 0.1) is 11.6 Å². The molecule has 1 N–H and O–H groups in total. The molecule has 1 aromatic rings. The van der Waals surface area contributed by atoms with Crippen LogP contribution < -0.4 is 4.72 Å². The van der Waals surface area contributed by atoms with Crippen LogP contribution in [0.25, 0.3) is 0 Å². The first kappa shape index (κ1) is 19.3. The van der Waals surface area contributed by atoms with Gasteiger partial charge in [0.15, 0.2) is 0 Å². The predicted molar refractivity (Wildman–Crippen MR) is 91.3 cm³/mol. The zero-order valence-corrected chi connectivity index (χ0v) is 14.9. The Labute approximate surface area is 143 Å². The Morgan fingerprint density at radius 1 is 0.833 bits per heavy atom. The van der Waals surface area contributed by atoms with Gasteiger partial charge in [-0.3, -0.25) is 0 Å². The van der Waals surface area contributed by atoms with Crippen molar-refractivity contribution in [1.82, 2.24) is 4.72 Å². The number of rotatable bonds is 3. The molecule has 0 saturated heterocycles. The number of nitrogens with one attached hydrogen (secondary N) is 1. The van der Waals surface area contributed by atoms with Crippen molar-refractivity contribution in [1.29, 1.82) is 0 Å². The van der Waals surface area contributed by atoms with Crippen LogP contribution in [0.15, 0.2) is 23.1 Å². The van der Waals surface area contributed by atoms with Gasteiger partial charge < -0.3 is 0 Å². The molecule has 0 heterocycles. The third-order valence-corrected chi connectivity index (χ3v) is 6.15. The zero-order chi connectivity index (χ0) is 17.4.